The molecular formula is C18H25ClN2O2. The lowest BCUT2D eigenvalue weighted by Crippen LogP contribution is -2.39. The molecule has 4 atom stereocenters. The molecule has 2 aliphatic heterocycles. The van der Waals surface area contributed by atoms with Crippen molar-refractivity contribution in [1.82, 2.24) is 4.90 Å². The number of fused-ring (bicyclic) bond motifs is 2. The average molecular weight is 337 g/mol. The summed E-state index contributed by atoms with van der Waals surface area (Å²) in [6.45, 7) is 2.31. The summed E-state index contributed by atoms with van der Waals surface area (Å²) in [6.07, 6.45) is 4.00. The first-order chi connectivity index (χ1) is 10.7. The number of ether oxygens (including phenoxy) is 1. The van der Waals surface area contributed by atoms with Gasteiger partial charge in [-0.1, -0.05) is 30.7 Å². The van der Waals surface area contributed by atoms with Gasteiger partial charge in [0.2, 0.25) is 0 Å². The summed E-state index contributed by atoms with van der Waals surface area (Å²) in [5.74, 6) is 1.21. The van der Waals surface area contributed by atoms with Crippen molar-refractivity contribution in [2.45, 2.75) is 37.8 Å². The Bertz CT molecular complexity index is 580. The molecule has 2 heterocycles. The largest absolute Gasteiger partial charge is 0.363 e. The summed E-state index contributed by atoms with van der Waals surface area (Å²) in [7, 11) is 0. The van der Waals surface area contributed by atoms with Gasteiger partial charge in [0.25, 0.3) is 5.91 Å². The molecule has 4 nitrogen and oxygen atoms in total. The molecule has 0 spiro atoms. The highest BCUT2D eigenvalue weighted by Gasteiger charge is 2.42. The summed E-state index contributed by atoms with van der Waals surface area (Å²) < 4.78 is 5.84. The van der Waals surface area contributed by atoms with Gasteiger partial charge in [-0.15, -0.1) is 12.4 Å². The summed E-state index contributed by atoms with van der Waals surface area (Å²) in [4.78, 5) is 15.0. The molecule has 1 aliphatic carbocycles. The van der Waals surface area contributed by atoms with Crippen LogP contribution in [0.25, 0.3) is 0 Å². The Morgan fingerprint density at radius 3 is 2.87 bits per heavy atom. The molecule has 3 aliphatic rings. The predicted molar refractivity (Wildman–Crippen MR) is 91.5 cm³/mol. The fourth-order valence-electron chi connectivity index (χ4n) is 4.46. The first-order valence-electron chi connectivity index (χ1n) is 8.48. The number of amides is 1. The Kier molecular flexibility index (Phi) is 4.95. The number of hydrogen-bond acceptors (Lipinski definition) is 3. The first-order valence-corrected chi connectivity index (χ1v) is 8.48. The number of rotatable bonds is 1. The number of benzene rings is 1. The lowest BCUT2D eigenvalue weighted by atomic mass is 9.78. The molecule has 1 aromatic rings. The van der Waals surface area contributed by atoms with E-state index in [9.17, 15) is 4.79 Å². The summed E-state index contributed by atoms with van der Waals surface area (Å²) >= 11 is 0. The fourth-order valence-corrected chi connectivity index (χ4v) is 4.46. The maximum absolute atomic E-state index is 13.0. The van der Waals surface area contributed by atoms with Crippen LogP contribution in [0.1, 0.15) is 36.5 Å². The Morgan fingerprint density at radius 2 is 2.04 bits per heavy atom. The molecule has 1 amide bonds. The van der Waals surface area contributed by atoms with Gasteiger partial charge in [-0.2, -0.15) is 0 Å². The van der Waals surface area contributed by atoms with Crippen LogP contribution in [0.4, 0.5) is 0 Å². The van der Waals surface area contributed by atoms with E-state index in [-0.39, 0.29) is 24.4 Å². The summed E-state index contributed by atoms with van der Waals surface area (Å²) in [5.41, 5.74) is 8.57. The summed E-state index contributed by atoms with van der Waals surface area (Å²) in [5, 5.41) is 0. The Morgan fingerprint density at radius 1 is 1.22 bits per heavy atom. The monoisotopic (exact) mass is 336 g/mol. The normalized spacial score (nSPS) is 32.7. The number of carbonyl (C=O) groups excluding carboxylic acids is 1. The maximum atomic E-state index is 13.0. The smallest absolute Gasteiger partial charge is 0.256 e. The van der Waals surface area contributed by atoms with Crippen molar-refractivity contribution in [2.24, 2.45) is 17.6 Å². The zero-order valence-electron chi connectivity index (χ0n) is 13.3. The van der Waals surface area contributed by atoms with Crippen molar-refractivity contribution in [2.75, 3.05) is 19.7 Å². The van der Waals surface area contributed by atoms with Crippen LogP contribution >= 0.6 is 12.4 Å². The van der Waals surface area contributed by atoms with Crippen molar-refractivity contribution in [3.63, 3.8) is 0 Å². The molecule has 4 rings (SSSR count). The third kappa shape index (κ3) is 3.00. The van der Waals surface area contributed by atoms with Crippen molar-refractivity contribution >= 4 is 18.3 Å². The first kappa shape index (κ1) is 16.7. The molecule has 0 aromatic heterocycles. The van der Waals surface area contributed by atoms with Gasteiger partial charge in [0.1, 0.15) is 0 Å². The Labute approximate surface area is 143 Å². The lowest BCUT2D eigenvalue weighted by Gasteiger charge is -2.29. The van der Waals surface area contributed by atoms with Gasteiger partial charge in [-0.25, -0.2) is 0 Å². The highest BCUT2D eigenvalue weighted by atomic mass is 35.5. The quantitative estimate of drug-likeness (QED) is 0.856. The van der Waals surface area contributed by atoms with Crippen molar-refractivity contribution < 1.29 is 9.53 Å². The second-order valence-corrected chi connectivity index (χ2v) is 6.96. The Hall–Kier alpha value is -1.10. The molecule has 0 radical (unpaired) electrons. The molecule has 23 heavy (non-hydrogen) atoms. The van der Waals surface area contributed by atoms with Crippen molar-refractivity contribution in [3.05, 3.63) is 35.4 Å². The van der Waals surface area contributed by atoms with Crippen LogP contribution in [0, 0.1) is 11.8 Å². The van der Waals surface area contributed by atoms with Crippen LogP contribution in [-0.2, 0) is 16.0 Å². The van der Waals surface area contributed by atoms with Gasteiger partial charge in [0, 0.05) is 19.1 Å². The molecule has 2 fully saturated rings. The molecule has 0 bridgehead atoms. The molecule has 2 N–H and O–H groups in total. The van der Waals surface area contributed by atoms with Crippen molar-refractivity contribution in [3.8, 4) is 0 Å². The number of nitrogens with two attached hydrogens (primary N) is 1. The number of hydrogen-bond donors (Lipinski definition) is 1. The minimum Gasteiger partial charge on any atom is -0.363 e. The van der Waals surface area contributed by atoms with E-state index in [1.165, 1.54) is 18.4 Å². The van der Waals surface area contributed by atoms with Crippen LogP contribution < -0.4 is 5.73 Å². The number of halogens is 1. The number of carbonyl (C=O) groups is 1. The zero-order valence-corrected chi connectivity index (χ0v) is 14.1. The van der Waals surface area contributed by atoms with Gasteiger partial charge in [0.15, 0.2) is 6.10 Å². The van der Waals surface area contributed by atoms with Crippen LogP contribution in [0.5, 0.6) is 0 Å². The standard InChI is InChI=1S/C18H24N2O2.ClH/c19-16-7-3-5-13-10-20(11-15(13)16)18(21)17-14-6-2-1-4-12(14)8-9-22-17;/h1-2,4,6,13,15-17H,3,5,7-11,19H2;1H. The molecule has 1 aromatic carbocycles. The highest BCUT2D eigenvalue weighted by Crippen LogP contribution is 2.37. The van der Waals surface area contributed by atoms with E-state index in [0.717, 1.165) is 31.5 Å². The molecule has 1 saturated carbocycles. The van der Waals surface area contributed by atoms with Gasteiger partial charge < -0.3 is 15.4 Å². The van der Waals surface area contributed by atoms with Gasteiger partial charge in [0.05, 0.1) is 6.61 Å². The Balaban J connectivity index is 0.00000156. The lowest BCUT2D eigenvalue weighted by molar-refractivity contribution is -0.144. The van der Waals surface area contributed by atoms with Crippen molar-refractivity contribution in [1.29, 1.82) is 0 Å². The molecule has 1 saturated heterocycles. The van der Waals surface area contributed by atoms with Crippen LogP contribution in [0.2, 0.25) is 0 Å². The van der Waals surface area contributed by atoms with Gasteiger partial charge >= 0.3 is 0 Å². The predicted octanol–water partition coefficient (Wildman–Crippen LogP) is 2.31. The van der Waals surface area contributed by atoms with E-state index in [1.807, 2.05) is 23.1 Å². The third-order valence-corrected chi connectivity index (χ3v) is 5.68. The van der Waals surface area contributed by atoms with E-state index < -0.39 is 6.10 Å². The number of likely N-dealkylation sites (tertiary alicyclic amines) is 1. The molecular weight excluding hydrogens is 312 g/mol. The van der Waals surface area contributed by atoms with Crippen LogP contribution in [0.15, 0.2) is 24.3 Å². The van der Waals surface area contributed by atoms with E-state index in [1.54, 1.807) is 0 Å². The van der Waals surface area contributed by atoms with E-state index >= 15 is 0 Å². The van der Waals surface area contributed by atoms with E-state index in [2.05, 4.69) is 6.07 Å². The average Bonchev–Trinajstić information content (AvgIpc) is 2.99. The van der Waals surface area contributed by atoms with E-state index in [0.29, 0.717) is 18.4 Å². The molecule has 126 valence electrons. The zero-order chi connectivity index (χ0) is 15.1. The third-order valence-electron chi connectivity index (χ3n) is 5.68. The van der Waals surface area contributed by atoms with E-state index in [4.69, 9.17) is 10.5 Å². The highest BCUT2D eigenvalue weighted by molar-refractivity contribution is 5.85. The molecule has 4 unspecified atom stereocenters. The second-order valence-electron chi connectivity index (χ2n) is 6.96. The molecule has 5 heteroatoms. The van der Waals surface area contributed by atoms with Gasteiger partial charge in [-0.3, -0.25) is 4.79 Å². The number of nitrogens with zero attached hydrogens (tertiary/aromatic N) is 1. The minimum atomic E-state index is -0.415. The second kappa shape index (κ2) is 6.80. The fraction of sp³-hybridized carbons (Fsp3) is 0.611. The maximum Gasteiger partial charge on any atom is 0.256 e. The van der Waals surface area contributed by atoms with Gasteiger partial charge in [-0.05, 0) is 42.2 Å². The minimum absolute atomic E-state index is 0. The topological polar surface area (TPSA) is 55.6 Å². The summed E-state index contributed by atoms with van der Waals surface area (Å²) in [6, 6.07) is 8.43. The van der Waals surface area contributed by atoms with Crippen LogP contribution in [-0.4, -0.2) is 36.5 Å². The SMILES string of the molecule is Cl.NC1CCCC2CN(C(=O)C3OCCc4ccccc43)CC12. The van der Waals surface area contributed by atoms with Crippen LogP contribution in [0.3, 0.4) is 0 Å².